The molecular formula is C24H31NO4. The molecule has 156 valence electrons. The summed E-state index contributed by atoms with van der Waals surface area (Å²) in [6.07, 6.45) is 1.79. The van der Waals surface area contributed by atoms with E-state index in [9.17, 15) is 9.59 Å². The fraction of sp³-hybridized carbons (Fsp3) is 0.417. The second kappa shape index (κ2) is 10.1. The molecule has 0 saturated carbocycles. The first-order valence-electron chi connectivity index (χ1n) is 10.0. The molecule has 2 aromatic rings. The summed E-state index contributed by atoms with van der Waals surface area (Å²) < 4.78 is 11.0. The van der Waals surface area contributed by atoms with Crippen LogP contribution in [-0.2, 0) is 14.9 Å². The van der Waals surface area contributed by atoms with Crippen molar-refractivity contribution >= 4 is 17.6 Å². The number of rotatable bonds is 8. The molecule has 5 heteroatoms. The van der Waals surface area contributed by atoms with Crippen molar-refractivity contribution in [2.24, 2.45) is 0 Å². The smallest absolute Gasteiger partial charge is 0.338 e. The second-order valence-corrected chi connectivity index (χ2v) is 8.16. The minimum Gasteiger partial charge on any atom is -0.483 e. The van der Waals surface area contributed by atoms with Crippen LogP contribution in [0, 0.1) is 6.92 Å². The number of unbranched alkanes of at least 4 members (excludes halogenated alkanes) is 1. The Morgan fingerprint density at radius 3 is 2.52 bits per heavy atom. The van der Waals surface area contributed by atoms with E-state index in [1.54, 1.807) is 24.3 Å². The Kier molecular flexibility index (Phi) is 7.82. The summed E-state index contributed by atoms with van der Waals surface area (Å²) in [5, 5.41) is 2.77. The van der Waals surface area contributed by atoms with Crippen molar-refractivity contribution in [3.63, 3.8) is 0 Å². The number of hydrogen-bond acceptors (Lipinski definition) is 4. The van der Waals surface area contributed by atoms with Crippen LogP contribution >= 0.6 is 0 Å². The maximum Gasteiger partial charge on any atom is 0.338 e. The number of benzene rings is 2. The van der Waals surface area contributed by atoms with Gasteiger partial charge < -0.3 is 14.8 Å². The van der Waals surface area contributed by atoms with Crippen molar-refractivity contribution in [2.45, 2.75) is 52.9 Å². The fourth-order valence-electron chi connectivity index (χ4n) is 2.81. The van der Waals surface area contributed by atoms with Crippen molar-refractivity contribution < 1.29 is 19.1 Å². The molecule has 0 atom stereocenters. The van der Waals surface area contributed by atoms with Crippen LogP contribution in [0.25, 0.3) is 0 Å². The number of ether oxygens (including phenoxy) is 2. The number of nitrogens with one attached hydrogen (secondary N) is 1. The van der Waals surface area contributed by atoms with E-state index in [4.69, 9.17) is 9.47 Å². The van der Waals surface area contributed by atoms with E-state index in [0.717, 1.165) is 24.0 Å². The van der Waals surface area contributed by atoms with Crippen LogP contribution in [0.4, 0.5) is 5.69 Å². The van der Waals surface area contributed by atoms with Gasteiger partial charge in [0.2, 0.25) is 0 Å². The summed E-state index contributed by atoms with van der Waals surface area (Å²) in [6, 6.07) is 12.7. The molecule has 0 aromatic heterocycles. The van der Waals surface area contributed by atoms with Crippen LogP contribution in [0.15, 0.2) is 42.5 Å². The number of hydrogen-bond donors (Lipinski definition) is 1. The molecule has 0 spiro atoms. The van der Waals surface area contributed by atoms with Crippen LogP contribution in [-0.4, -0.2) is 25.1 Å². The van der Waals surface area contributed by atoms with E-state index in [1.165, 1.54) is 0 Å². The summed E-state index contributed by atoms with van der Waals surface area (Å²) in [6.45, 7) is 10.7. The summed E-state index contributed by atoms with van der Waals surface area (Å²) in [5.74, 6) is 0.0220. The molecule has 0 heterocycles. The van der Waals surface area contributed by atoms with Crippen LogP contribution < -0.4 is 10.1 Å². The Morgan fingerprint density at radius 1 is 1.07 bits per heavy atom. The normalized spacial score (nSPS) is 11.1. The quantitative estimate of drug-likeness (QED) is 0.487. The first-order chi connectivity index (χ1) is 13.7. The molecule has 0 fully saturated rings. The van der Waals surface area contributed by atoms with Gasteiger partial charge in [0.1, 0.15) is 5.75 Å². The standard InChI is InChI=1S/C24H31NO4/c1-6-7-13-28-23(27)18-9-8-10-19(15-18)25-22(26)16-29-21-12-11-17(2)14-20(21)24(3,4)5/h8-12,14-15H,6-7,13,16H2,1-5H3,(H,25,26). The van der Waals surface area contributed by atoms with E-state index in [2.05, 4.69) is 32.2 Å². The van der Waals surface area contributed by atoms with Crippen LogP contribution in [0.5, 0.6) is 5.75 Å². The van der Waals surface area contributed by atoms with Crippen LogP contribution in [0.2, 0.25) is 0 Å². The lowest BCUT2D eigenvalue weighted by atomic mass is 9.85. The summed E-state index contributed by atoms with van der Waals surface area (Å²) in [7, 11) is 0. The second-order valence-electron chi connectivity index (χ2n) is 8.16. The van der Waals surface area contributed by atoms with Gasteiger partial charge in [0.05, 0.1) is 12.2 Å². The molecule has 5 nitrogen and oxygen atoms in total. The van der Waals surface area contributed by atoms with E-state index >= 15 is 0 Å². The van der Waals surface area contributed by atoms with Gasteiger partial charge in [-0.1, -0.05) is 57.9 Å². The van der Waals surface area contributed by atoms with E-state index < -0.39 is 0 Å². The summed E-state index contributed by atoms with van der Waals surface area (Å²) in [5.41, 5.74) is 3.05. The number of aryl methyl sites for hydroxylation is 1. The average molecular weight is 398 g/mol. The zero-order valence-corrected chi connectivity index (χ0v) is 18.0. The molecular weight excluding hydrogens is 366 g/mol. The maximum atomic E-state index is 12.4. The summed E-state index contributed by atoms with van der Waals surface area (Å²) in [4.78, 5) is 24.4. The van der Waals surface area contributed by atoms with Gasteiger partial charge in [-0.3, -0.25) is 4.79 Å². The largest absolute Gasteiger partial charge is 0.483 e. The SMILES string of the molecule is CCCCOC(=O)c1cccc(NC(=O)COc2ccc(C)cc2C(C)(C)C)c1. The average Bonchev–Trinajstić information content (AvgIpc) is 2.66. The Labute approximate surface area is 173 Å². The Bertz CT molecular complexity index is 852. The number of carbonyl (C=O) groups excluding carboxylic acids is 2. The zero-order chi connectivity index (χ0) is 21.4. The zero-order valence-electron chi connectivity index (χ0n) is 18.0. The minimum atomic E-state index is -0.389. The third-order valence-corrected chi connectivity index (χ3v) is 4.41. The topological polar surface area (TPSA) is 64.6 Å². The molecule has 0 saturated heterocycles. The Morgan fingerprint density at radius 2 is 1.83 bits per heavy atom. The van der Waals surface area contributed by atoms with Crippen molar-refractivity contribution in [3.05, 3.63) is 59.2 Å². The molecule has 2 rings (SSSR count). The molecule has 0 bridgehead atoms. The monoisotopic (exact) mass is 397 g/mol. The highest BCUT2D eigenvalue weighted by molar-refractivity contribution is 5.95. The summed E-state index contributed by atoms with van der Waals surface area (Å²) >= 11 is 0. The minimum absolute atomic E-state index is 0.0930. The third-order valence-electron chi connectivity index (χ3n) is 4.41. The lowest BCUT2D eigenvalue weighted by molar-refractivity contribution is -0.118. The Balaban J connectivity index is 1.99. The molecule has 29 heavy (non-hydrogen) atoms. The van der Waals surface area contributed by atoms with E-state index in [0.29, 0.717) is 23.6 Å². The highest BCUT2D eigenvalue weighted by Gasteiger charge is 2.20. The van der Waals surface area contributed by atoms with Gasteiger partial charge in [-0.05, 0) is 48.6 Å². The number of anilines is 1. The molecule has 0 aliphatic heterocycles. The molecule has 0 radical (unpaired) electrons. The number of amides is 1. The molecule has 1 amide bonds. The van der Waals surface area contributed by atoms with Gasteiger partial charge in [-0.2, -0.15) is 0 Å². The molecule has 0 aliphatic carbocycles. The predicted molar refractivity (Wildman–Crippen MR) is 116 cm³/mol. The van der Waals surface area contributed by atoms with E-state index in [-0.39, 0.29) is 23.9 Å². The highest BCUT2D eigenvalue weighted by atomic mass is 16.5. The lowest BCUT2D eigenvalue weighted by Gasteiger charge is -2.23. The number of esters is 1. The van der Waals surface area contributed by atoms with Gasteiger partial charge in [0.25, 0.3) is 5.91 Å². The van der Waals surface area contributed by atoms with Gasteiger partial charge in [0.15, 0.2) is 6.61 Å². The first-order valence-corrected chi connectivity index (χ1v) is 10.0. The van der Waals surface area contributed by atoms with Crippen LogP contribution in [0.3, 0.4) is 0 Å². The highest BCUT2D eigenvalue weighted by Crippen LogP contribution is 2.32. The molecule has 0 unspecified atom stereocenters. The Hall–Kier alpha value is -2.82. The van der Waals surface area contributed by atoms with Gasteiger partial charge in [-0.15, -0.1) is 0 Å². The molecule has 2 aromatic carbocycles. The van der Waals surface area contributed by atoms with E-state index in [1.807, 2.05) is 26.0 Å². The maximum absolute atomic E-state index is 12.4. The number of carbonyl (C=O) groups is 2. The van der Waals surface area contributed by atoms with Gasteiger partial charge in [0, 0.05) is 5.69 Å². The predicted octanol–water partition coefficient (Wildman–Crippen LogP) is 5.27. The fourth-order valence-corrected chi connectivity index (χ4v) is 2.81. The van der Waals surface area contributed by atoms with Gasteiger partial charge in [-0.25, -0.2) is 4.79 Å². The lowest BCUT2D eigenvalue weighted by Crippen LogP contribution is -2.22. The van der Waals surface area contributed by atoms with Crippen molar-refractivity contribution in [1.82, 2.24) is 0 Å². The molecule has 1 N–H and O–H groups in total. The van der Waals surface area contributed by atoms with Crippen molar-refractivity contribution in [2.75, 3.05) is 18.5 Å². The first kappa shape index (κ1) is 22.5. The molecule has 0 aliphatic rings. The van der Waals surface area contributed by atoms with Gasteiger partial charge >= 0.3 is 5.97 Å². The van der Waals surface area contributed by atoms with Crippen molar-refractivity contribution in [1.29, 1.82) is 0 Å². The van der Waals surface area contributed by atoms with Crippen molar-refractivity contribution in [3.8, 4) is 5.75 Å². The van der Waals surface area contributed by atoms with Crippen LogP contribution in [0.1, 0.15) is 62.0 Å². The third kappa shape index (κ3) is 6.93.